The molecular weight excluding hydrogens is 262 g/mol. The predicted octanol–water partition coefficient (Wildman–Crippen LogP) is 0.731. The van der Waals surface area contributed by atoms with E-state index < -0.39 is 10.9 Å². The van der Waals surface area contributed by atoms with E-state index in [0.717, 1.165) is 11.3 Å². The molecule has 18 heavy (non-hydrogen) atoms. The molecule has 0 aliphatic carbocycles. The van der Waals surface area contributed by atoms with Gasteiger partial charge >= 0.3 is 11.0 Å². The lowest BCUT2D eigenvalue weighted by atomic mass is 10.2. The third kappa shape index (κ3) is 2.74. The van der Waals surface area contributed by atoms with Gasteiger partial charge in [0.1, 0.15) is 6.20 Å². The van der Waals surface area contributed by atoms with Crippen LogP contribution >= 0.6 is 11.3 Å². The smallest absolute Gasteiger partial charge is 0.345 e. The van der Waals surface area contributed by atoms with Crippen molar-refractivity contribution in [3.8, 4) is 0 Å². The highest BCUT2D eigenvalue weighted by molar-refractivity contribution is 7.18. The predicted molar refractivity (Wildman–Crippen MR) is 63.0 cm³/mol. The molecule has 0 spiro atoms. The van der Waals surface area contributed by atoms with Crippen molar-refractivity contribution in [3.05, 3.63) is 16.3 Å². The standard InChI is InChI=1S/C9H11N3O5S/c13-8(14)3-6-5-17-2-1-11(6)9-10-4-7(18-9)12(15)16/h4,6H,1-3,5H2,(H,13,14). The third-order valence-corrected chi connectivity index (χ3v) is 3.53. The molecule has 1 aliphatic heterocycles. The van der Waals surface area contributed by atoms with Crippen molar-refractivity contribution in [1.82, 2.24) is 4.98 Å². The van der Waals surface area contributed by atoms with Crippen LogP contribution in [0.5, 0.6) is 0 Å². The molecule has 1 aliphatic rings. The molecule has 1 fully saturated rings. The van der Waals surface area contributed by atoms with Gasteiger partial charge in [0.15, 0.2) is 5.13 Å². The summed E-state index contributed by atoms with van der Waals surface area (Å²) in [6.07, 6.45) is 1.11. The zero-order chi connectivity index (χ0) is 13.1. The molecule has 1 aromatic heterocycles. The van der Waals surface area contributed by atoms with Gasteiger partial charge in [0.25, 0.3) is 0 Å². The fourth-order valence-corrected chi connectivity index (χ4v) is 2.58. The molecular formula is C9H11N3O5S. The number of hydrogen-bond acceptors (Lipinski definition) is 7. The Morgan fingerprint density at radius 3 is 3.17 bits per heavy atom. The Kier molecular flexibility index (Phi) is 3.72. The Balaban J connectivity index is 2.16. The molecule has 0 saturated carbocycles. The van der Waals surface area contributed by atoms with Crippen LogP contribution in [0.3, 0.4) is 0 Å². The van der Waals surface area contributed by atoms with E-state index in [2.05, 4.69) is 4.98 Å². The third-order valence-electron chi connectivity index (χ3n) is 2.54. The Morgan fingerprint density at radius 2 is 2.56 bits per heavy atom. The quantitative estimate of drug-likeness (QED) is 0.636. The molecule has 98 valence electrons. The molecule has 0 radical (unpaired) electrons. The maximum absolute atomic E-state index is 10.8. The summed E-state index contributed by atoms with van der Waals surface area (Å²) >= 11 is 0.946. The number of nitro groups is 1. The van der Waals surface area contributed by atoms with E-state index in [1.807, 2.05) is 0 Å². The number of aromatic nitrogens is 1. The second kappa shape index (κ2) is 5.27. The number of carboxylic acids is 1. The van der Waals surface area contributed by atoms with Gasteiger partial charge in [-0.3, -0.25) is 14.9 Å². The van der Waals surface area contributed by atoms with Gasteiger partial charge in [-0.2, -0.15) is 0 Å². The monoisotopic (exact) mass is 273 g/mol. The molecule has 0 amide bonds. The average molecular weight is 273 g/mol. The molecule has 8 nitrogen and oxygen atoms in total. The number of morpholine rings is 1. The van der Waals surface area contributed by atoms with Gasteiger partial charge in [-0.25, -0.2) is 4.98 Å². The fraction of sp³-hybridized carbons (Fsp3) is 0.556. The summed E-state index contributed by atoms with van der Waals surface area (Å²) in [7, 11) is 0. The second-order valence-electron chi connectivity index (χ2n) is 3.76. The van der Waals surface area contributed by atoms with Crippen LogP contribution in [0, 0.1) is 10.1 Å². The highest BCUT2D eigenvalue weighted by Crippen LogP contribution is 2.30. The summed E-state index contributed by atoms with van der Waals surface area (Å²) in [4.78, 5) is 26.6. The van der Waals surface area contributed by atoms with Crippen LogP contribution in [0.15, 0.2) is 6.20 Å². The summed E-state index contributed by atoms with van der Waals surface area (Å²) in [5.41, 5.74) is 0. The fourth-order valence-electron chi connectivity index (χ4n) is 1.75. The first kappa shape index (κ1) is 12.7. The van der Waals surface area contributed by atoms with Crippen LogP contribution in [0.25, 0.3) is 0 Å². The topological polar surface area (TPSA) is 106 Å². The maximum Gasteiger partial charge on any atom is 0.345 e. The van der Waals surface area contributed by atoms with Crippen molar-refractivity contribution in [3.63, 3.8) is 0 Å². The van der Waals surface area contributed by atoms with E-state index in [9.17, 15) is 14.9 Å². The Bertz CT molecular complexity index is 463. The van der Waals surface area contributed by atoms with Crippen LogP contribution in [-0.4, -0.2) is 46.8 Å². The van der Waals surface area contributed by atoms with Crippen molar-refractivity contribution >= 4 is 27.4 Å². The van der Waals surface area contributed by atoms with Crippen LogP contribution < -0.4 is 4.90 Å². The van der Waals surface area contributed by atoms with Gasteiger partial charge in [-0.05, 0) is 11.3 Å². The highest BCUT2D eigenvalue weighted by Gasteiger charge is 2.28. The molecule has 9 heteroatoms. The van der Waals surface area contributed by atoms with Gasteiger partial charge < -0.3 is 14.7 Å². The van der Waals surface area contributed by atoms with Crippen LogP contribution in [0.2, 0.25) is 0 Å². The SMILES string of the molecule is O=C(O)CC1COCCN1c1ncc([N+](=O)[O-])s1. The number of thiazole rings is 1. The Labute approximate surface area is 106 Å². The Morgan fingerprint density at radius 1 is 1.78 bits per heavy atom. The number of anilines is 1. The van der Waals surface area contributed by atoms with E-state index in [1.54, 1.807) is 4.90 Å². The van der Waals surface area contributed by atoms with Gasteiger partial charge in [0.05, 0.1) is 30.6 Å². The maximum atomic E-state index is 10.8. The number of rotatable bonds is 4. The summed E-state index contributed by atoms with van der Waals surface area (Å²) in [5.74, 6) is -0.929. The molecule has 1 N–H and O–H groups in total. The zero-order valence-corrected chi connectivity index (χ0v) is 10.1. The zero-order valence-electron chi connectivity index (χ0n) is 9.31. The summed E-state index contributed by atoms with van der Waals surface area (Å²) in [5, 5.41) is 19.8. The number of carboxylic acid groups (broad SMARTS) is 1. The molecule has 0 aromatic carbocycles. The van der Waals surface area contributed by atoms with E-state index in [-0.39, 0.29) is 17.5 Å². The summed E-state index contributed by atoms with van der Waals surface area (Å²) in [6.45, 7) is 1.24. The normalized spacial score (nSPS) is 19.8. The summed E-state index contributed by atoms with van der Waals surface area (Å²) < 4.78 is 5.23. The van der Waals surface area contributed by atoms with E-state index in [4.69, 9.17) is 9.84 Å². The molecule has 1 saturated heterocycles. The lowest BCUT2D eigenvalue weighted by Crippen LogP contribution is -2.46. The number of aliphatic carboxylic acids is 1. The lowest BCUT2D eigenvalue weighted by Gasteiger charge is -2.34. The van der Waals surface area contributed by atoms with E-state index >= 15 is 0 Å². The number of hydrogen-bond donors (Lipinski definition) is 1. The van der Waals surface area contributed by atoms with Crippen molar-refractivity contribution in [2.24, 2.45) is 0 Å². The number of ether oxygens (including phenoxy) is 1. The molecule has 2 rings (SSSR count). The first-order valence-corrected chi connectivity index (χ1v) is 6.06. The number of nitrogens with zero attached hydrogens (tertiary/aromatic N) is 3. The second-order valence-corrected chi connectivity index (χ2v) is 4.75. The van der Waals surface area contributed by atoms with E-state index in [0.29, 0.717) is 24.9 Å². The van der Waals surface area contributed by atoms with Crippen LogP contribution in [-0.2, 0) is 9.53 Å². The van der Waals surface area contributed by atoms with Crippen molar-refractivity contribution in [1.29, 1.82) is 0 Å². The summed E-state index contributed by atoms with van der Waals surface area (Å²) in [6, 6.07) is -0.331. The largest absolute Gasteiger partial charge is 0.481 e. The minimum atomic E-state index is -0.929. The molecule has 1 aromatic rings. The number of carbonyl (C=O) groups is 1. The van der Waals surface area contributed by atoms with Gasteiger partial charge in [-0.15, -0.1) is 0 Å². The highest BCUT2D eigenvalue weighted by atomic mass is 32.1. The van der Waals surface area contributed by atoms with Crippen LogP contribution in [0.4, 0.5) is 10.1 Å². The van der Waals surface area contributed by atoms with Gasteiger partial charge in [0, 0.05) is 6.54 Å². The molecule has 2 heterocycles. The van der Waals surface area contributed by atoms with Gasteiger partial charge in [0.2, 0.25) is 0 Å². The molecule has 0 bridgehead atoms. The van der Waals surface area contributed by atoms with Crippen molar-refractivity contribution < 1.29 is 19.6 Å². The first-order chi connectivity index (χ1) is 8.58. The van der Waals surface area contributed by atoms with Crippen LogP contribution in [0.1, 0.15) is 6.42 Å². The lowest BCUT2D eigenvalue weighted by molar-refractivity contribution is -0.380. The minimum absolute atomic E-state index is 0.0504. The molecule has 1 unspecified atom stereocenters. The van der Waals surface area contributed by atoms with Crippen molar-refractivity contribution in [2.75, 3.05) is 24.7 Å². The van der Waals surface area contributed by atoms with Crippen molar-refractivity contribution in [2.45, 2.75) is 12.5 Å². The minimum Gasteiger partial charge on any atom is -0.481 e. The molecule has 1 atom stereocenters. The van der Waals surface area contributed by atoms with Gasteiger partial charge in [-0.1, -0.05) is 0 Å². The van der Waals surface area contributed by atoms with E-state index in [1.165, 1.54) is 6.20 Å². The Hall–Kier alpha value is -1.74. The first-order valence-electron chi connectivity index (χ1n) is 5.24. The average Bonchev–Trinajstić information content (AvgIpc) is 2.78.